The lowest BCUT2D eigenvalue weighted by molar-refractivity contribution is -0.121. The minimum absolute atomic E-state index is 0.0347. The maximum atomic E-state index is 12.7. The molecule has 5 rings (SSSR count). The summed E-state index contributed by atoms with van der Waals surface area (Å²) in [5, 5.41) is 3.39. The Morgan fingerprint density at radius 1 is 1.00 bits per heavy atom. The van der Waals surface area contributed by atoms with E-state index in [1.807, 2.05) is 6.07 Å². The number of halogens is 2. The molecule has 0 radical (unpaired) electrons. The molecule has 1 amide bonds. The van der Waals surface area contributed by atoms with Crippen molar-refractivity contribution in [2.75, 3.05) is 29.3 Å². The van der Waals surface area contributed by atoms with Gasteiger partial charge < -0.3 is 4.90 Å². The number of nitrogens with one attached hydrogen (secondary N) is 1. The minimum Gasteiger partial charge on any atom is -0.311 e. The molecule has 1 atom stereocenters. The van der Waals surface area contributed by atoms with E-state index in [1.165, 1.54) is 23.5 Å². The number of rotatable bonds is 5. The van der Waals surface area contributed by atoms with E-state index in [2.05, 4.69) is 14.6 Å². The van der Waals surface area contributed by atoms with Crippen LogP contribution < -0.4 is 9.62 Å². The Bertz CT molecular complexity index is 1200. The molecule has 1 aromatic heterocycles. The molecule has 11 heteroatoms. The lowest BCUT2D eigenvalue weighted by Gasteiger charge is -2.22. The molecule has 2 aliphatic rings. The molecule has 3 heterocycles. The zero-order chi connectivity index (χ0) is 24.1. The van der Waals surface area contributed by atoms with Gasteiger partial charge in [0.1, 0.15) is 0 Å². The Balaban J connectivity index is 0.000000291. The smallest absolute Gasteiger partial charge is 0.263 e. The van der Waals surface area contributed by atoms with Crippen molar-refractivity contribution in [1.82, 2.24) is 9.88 Å². The van der Waals surface area contributed by atoms with Gasteiger partial charge in [0, 0.05) is 33.9 Å². The van der Waals surface area contributed by atoms with E-state index >= 15 is 0 Å². The van der Waals surface area contributed by atoms with Crippen molar-refractivity contribution in [1.29, 1.82) is 0 Å². The van der Waals surface area contributed by atoms with Gasteiger partial charge in [0.2, 0.25) is 5.91 Å². The first-order valence-corrected chi connectivity index (χ1v) is 13.9. The third-order valence-corrected chi connectivity index (χ3v) is 8.30. The molecule has 2 fully saturated rings. The highest BCUT2D eigenvalue weighted by Gasteiger charge is 2.37. The molecule has 7 nitrogen and oxygen atoms in total. The number of thiazole rings is 1. The molecule has 3 aromatic rings. The Kier molecular flexibility index (Phi) is 8.10. The van der Waals surface area contributed by atoms with Crippen LogP contribution in [0.15, 0.2) is 65.0 Å². The maximum Gasteiger partial charge on any atom is 0.263 e. The summed E-state index contributed by atoms with van der Waals surface area (Å²) < 4.78 is 27.2. The van der Waals surface area contributed by atoms with Crippen LogP contribution in [0.4, 0.5) is 10.8 Å². The fourth-order valence-corrected chi connectivity index (χ4v) is 6.25. The van der Waals surface area contributed by atoms with Crippen molar-refractivity contribution in [3.8, 4) is 0 Å². The van der Waals surface area contributed by atoms with Crippen molar-refractivity contribution in [2.24, 2.45) is 0 Å². The van der Waals surface area contributed by atoms with E-state index in [1.54, 1.807) is 46.8 Å². The van der Waals surface area contributed by atoms with Crippen LogP contribution in [0.5, 0.6) is 0 Å². The number of anilines is 2. The van der Waals surface area contributed by atoms with Crippen LogP contribution in [0.25, 0.3) is 0 Å². The molecule has 1 unspecified atom stereocenters. The standard InChI is InChI=1S/C17H20N4O3S2.C6H4Cl2/c22-16-15(20-9-1-2-10-20)7-11-21(16)13-3-5-14(6-4-13)26(23,24)19-17-18-8-12-25-17;7-5-2-1-3-6(8)4-5/h3-6,8,12,15H,1-2,7,9-11H2,(H,18,19);1-4H. The number of aromatic nitrogens is 1. The molecule has 0 saturated carbocycles. The van der Waals surface area contributed by atoms with Gasteiger partial charge in [0.05, 0.1) is 10.9 Å². The topological polar surface area (TPSA) is 82.6 Å². The summed E-state index contributed by atoms with van der Waals surface area (Å²) in [6.07, 6.45) is 4.68. The van der Waals surface area contributed by atoms with E-state index in [-0.39, 0.29) is 16.8 Å². The van der Waals surface area contributed by atoms with Crippen LogP contribution in [0, 0.1) is 0 Å². The third kappa shape index (κ3) is 6.09. The number of likely N-dealkylation sites (tertiary alicyclic amines) is 1. The Labute approximate surface area is 213 Å². The van der Waals surface area contributed by atoms with Crippen LogP contribution in [0.3, 0.4) is 0 Å². The van der Waals surface area contributed by atoms with E-state index in [9.17, 15) is 13.2 Å². The number of nitrogens with zero attached hydrogens (tertiary/aromatic N) is 3. The fourth-order valence-electron chi connectivity index (χ4n) is 4.03. The Morgan fingerprint density at radius 2 is 1.68 bits per heavy atom. The van der Waals surface area contributed by atoms with Gasteiger partial charge in [-0.05, 0) is 74.8 Å². The Hall–Kier alpha value is -2.17. The quantitative estimate of drug-likeness (QED) is 0.486. The van der Waals surface area contributed by atoms with Gasteiger partial charge in [-0.2, -0.15) is 0 Å². The van der Waals surface area contributed by atoms with Gasteiger partial charge in [0.15, 0.2) is 5.13 Å². The summed E-state index contributed by atoms with van der Waals surface area (Å²) >= 11 is 12.3. The van der Waals surface area contributed by atoms with Crippen molar-refractivity contribution in [3.05, 3.63) is 70.2 Å². The second-order valence-electron chi connectivity index (χ2n) is 7.91. The number of sulfonamides is 1. The molecular weight excluding hydrogens is 515 g/mol. The lowest BCUT2D eigenvalue weighted by Crippen LogP contribution is -2.40. The van der Waals surface area contributed by atoms with Gasteiger partial charge in [-0.25, -0.2) is 13.4 Å². The Morgan fingerprint density at radius 3 is 2.24 bits per heavy atom. The SMILES string of the molecule is Clc1cccc(Cl)c1.O=C1C(N2CCCC2)CCN1c1ccc(S(=O)(=O)Nc2nccs2)cc1. The van der Waals surface area contributed by atoms with Crippen LogP contribution >= 0.6 is 34.5 Å². The summed E-state index contributed by atoms with van der Waals surface area (Å²) in [7, 11) is -3.67. The molecule has 0 spiro atoms. The second kappa shape index (κ2) is 11.0. The number of hydrogen-bond donors (Lipinski definition) is 1. The average Bonchev–Trinajstić information content (AvgIpc) is 3.56. The number of carbonyl (C=O) groups excluding carboxylic acids is 1. The number of hydrogen-bond acceptors (Lipinski definition) is 6. The molecule has 1 N–H and O–H groups in total. The van der Waals surface area contributed by atoms with Crippen LogP contribution in [0.1, 0.15) is 19.3 Å². The highest BCUT2D eigenvalue weighted by atomic mass is 35.5. The lowest BCUT2D eigenvalue weighted by atomic mass is 10.2. The van der Waals surface area contributed by atoms with Crippen molar-refractivity contribution in [3.63, 3.8) is 0 Å². The summed E-state index contributed by atoms with van der Waals surface area (Å²) in [5.41, 5.74) is 0.741. The van der Waals surface area contributed by atoms with Crippen LogP contribution in [-0.4, -0.2) is 49.9 Å². The summed E-state index contributed by atoms with van der Waals surface area (Å²) in [6.45, 7) is 2.65. The van der Waals surface area contributed by atoms with Crippen LogP contribution in [0.2, 0.25) is 10.0 Å². The zero-order valence-electron chi connectivity index (χ0n) is 18.2. The first-order valence-electron chi connectivity index (χ1n) is 10.8. The fraction of sp³-hybridized carbons (Fsp3) is 0.304. The summed E-state index contributed by atoms with van der Waals surface area (Å²) in [4.78, 5) is 20.8. The first-order chi connectivity index (χ1) is 16.3. The van der Waals surface area contributed by atoms with E-state index in [4.69, 9.17) is 23.2 Å². The monoisotopic (exact) mass is 538 g/mol. The molecular formula is C23H24Cl2N4O3S2. The van der Waals surface area contributed by atoms with Gasteiger partial charge in [-0.1, -0.05) is 29.3 Å². The molecule has 34 heavy (non-hydrogen) atoms. The van der Waals surface area contributed by atoms with Gasteiger partial charge >= 0.3 is 0 Å². The zero-order valence-corrected chi connectivity index (χ0v) is 21.4. The van der Waals surface area contributed by atoms with Gasteiger partial charge in [-0.15, -0.1) is 11.3 Å². The largest absolute Gasteiger partial charge is 0.311 e. The van der Waals surface area contributed by atoms with E-state index in [0.717, 1.165) is 38.0 Å². The maximum absolute atomic E-state index is 12.7. The van der Waals surface area contributed by atoms with Gasteiger partial charge in [0.25, 0.3) is 10.0 Å². The highest BCUT2D eigenvalue weighted by Crippen LogP contribution is 2.28. The third-order valence-electron chi connectivity index (χ3n) is 5.66. The number of carbonyl (C=O) groups is 1. The van der Waals surface area contributed by atoms with Gasteiger partial charge in [-0.3, -0.25) is 14.4 Å². The predicted octanol–water partition coefficient (Wildman–Crippen LogP) is 5.14. The van der Waals surface area contributed by atoms with Crippen molar-refractivity contribution < 1.29 is 13.2 Å². The van der Waals surface area contributed by atoms with Crippen LogP contribution in [-0.2, 0) is 14.8 Å². The number of benzene rings is 2. The van der Waals surface area contributed by atoms with E-state index in [0.29, 0.717) is 21.7 Å². The first kappa shape index (κ1) is 24.9. The summed E-state index contributed by atoms with van der Waals surface area (Å²) in [5.74, 6) is 0.114. The minimum atomic E-state index is -3.67. The average molecular weight is 540 g/mol. The molecule has 2 saturated heterocycles. The molecule has 180 valence electrons. The summed E-state index contributed by atoms with van der Waals surface area (Å²) in [6, 6.07) is 13.5. The second-order valence-corrected chi connectivity index (χ2v) is 11.4. The number of amides is 1. The highest BCUT2D eigenvalue weighted by molar-refractivity contribution is 7.93. The molecule has 2 aliphatic heterocycles. The normalized spacial score (nSPS) is 18.6. The van der Waals surface area contributed by atoms with Crippen molar-refractivity contribution in [2.45, 2.75) is 30.2 Å². The molecule has 2 aromatic carbocycles. The molecule has 0 aliphatic carbocycles. The molecule has 0 bridgehead atoms. The van der Waals surface area contributed by atoms with Crippen molar-refractivity contribution >= 4 is 61.3 Å². The van der Waals surface area contributed by atoms with E-state index < -0.39 is 10.0 Å². The predicted molar refractivity (Wildman–Crippen MR) is 137 cm³/mol.